The summed E-state index contributed by atoms with van der Waals surface area (Å²) in [5.74, 6) is 2.45. The minimum Gasteiger partial charge on any atom is -0.369 e. The molecule has 0 aromatic carbocycles. The van der Waals surface area contributed by atoms with Gasteiger partial charge in [-0.25, -0.2) is 4.79 Å². The highest BCUT2D eigenvalue weighted by atomic mass is 16.5. The Morgan fingerprint density at radius 3 is 2.45 bits per heavy atom. The molecule has 0 radical (unpaired) electrons. The van der Waals surface area contributed by atoms with Crippen LogP contribution in [0.25, 0.3) is 0 Å². The van der Waals surface area contributed by atoms with Crippen LogP contribution in [0, 0.1) is 17.9 Å². The van der Waals surface area contributed by atoms with Crippen LogP contribution in [0.3, 0.4) is 0 Å². The quantitative estimate of drug-likeness (QED) is 0.325. The molecule has 0 saturated carbocycles. The normalized spacial score (nSPS) is 8.36. The predicted octanol–water partition coefficient (Wildman–Crippen LogP) is 1.72. The summed E-state index contributed by atoms with van der Waals surface area (Å²) in [7, 11) is 0. The zero-order chi connectivity index (χ0) is 8.85. The number of hydrogen-bond acceptors (Lipinski definition) is 2. The molecule has 0 aromatic rings. The molecule has 0 aliphatic rings. The first kappa shape index (κ1) is 9.77. The van der Waals surface area contributed by atoms with Gasteiger partial charge in [0.2, 0.25) is 0 Å². The Labute approximate surface area is 67.2 Å². The Kier molecular flexibility index (Phi) is 4.05. The van der Waals surface area contributed by atoms with E-state index in [9.17, 15) is 4.79 Å². The summed E-state index contributed by atoms with van der Waals surface area (Å²) in [5, 5.41) is 0. The predicted molar refractivity (Wildman–Crippen MR) is 43.5 cm³/mol. The van der Waals surface area contributed by atoms with Crippen molar-refractivity contribution >= 4 is 5.97 Å². The van der Waals surface area contributed by atoms with Gasteiger partial charge >= 0.3 is 5.97 Å². The summed E-state index contributed by atoms with van der Waals surface area (Å²) in [6, 6.07) is 0. The van der Waals surface area contributed by atoms with Gasteiger partial charge in [0.25, 0.3) is 0 Å². The van der Waals surface area contributed by atoms with Gasteiger partial charge in [-0.1, -0.05) is 26.3 Å². The van der Waals surface area contributed by atoms with E-state index in [4.69, 9.17) is 0 Å². The molecule has 11 heavy (non-hydrogen) atoms. The molecule has 0 aromatic heterocycles. The van der Waals surface area contributed by atoms with Crippen molar-refractivity contribution in [1.82, 2.24) is 0 Å². The second-order valence-corrected chi connectivity index (χ2v) is 2.57. The first-order valence-electron chi connectivity index (χ1n) is 3.41. The van der Waals surface area contributed by atoms with E-state index in [-0.39, 0.29) is 5.92 Å². The molecule has 0 aliphatic heterocycles. The summed E-state index contributed by atoms with van der Waals surface area (Å²) in [6.07, 6.45) is 2.31. The number of esters is 1. The third-order valence-corrected chi connectivity index (χ3v) is 0.840. The van der Waals surface area contributed by atoms with Crippen LogP contribution in [0.4, 0.5) is 0 Å². The minimum atomic E-state index is -0.460. The van der Waals surface area contributed by atoms with E-state index in [1.165, 1.54) is 0 Å². The van der Waals surface area contributed by atoms with E-state index >= 15 is 0 Å². The second kappa shape index (κ2) is 4.56. The smallest absolute Gasteiger partial charge is 0.347 e. The Morgan fingerprint density at radius 1 is 1.55 bits per heavy atom. The molecule has 2 heteroatoms. The van der Waals surface area contributed by atoms with E-state index < -0.39 is 5.97 Å². The maximum Gasteiger partial charge on any atom is 0.347 e. The van der Waals surface area contributed by atoms with E-state index in [0.29, 0.717) is 5.57 Å². The summed E-state index contributed by atoms with van der Waals surface area (Å²) >= 11 is 0. The summed E-state index contributed by atoms with van der Waals surface area (Å²) in [4.78, 5) is 10.7. The molecular weight excluding hydrogens is 140 g/mol. The summed E-state index contributed by atoms with van der Waals surface area (Å²) in [5.41, 5.74) is 0.364. The average molecular weight is 152 g/mol. The summed E-state index contributed by atoms with van der Waals surface area (Å²) in [6.45, 7) is 8.83. The van der Waals surface area contributed by atoms with Crippen LogP contribution in [0.15, 0.2) is 12.2 Å². The lowest BCUT2D eigenvalue weighted by Crippen LogP contribution is -1.99. The first-order valence-corrected chi connectivity index (χ1v) is 3.41. The van der Waals surface area contributed by atoms with Crippen LogP contribution in [-0.2, 0) is 9.53 Å². The first-order chi connectivity index (χ1) is 5.04. The van der Waals surface area contributed by atoms with Crippen molar-refractivity contribution in [2.75, 3.05) is 0 Å². The average Bonchev–Trinajstić information content (AvgIpc) is 1.86. The molecule has 0 fully saturated rings. The number of carbonyl (C=O) groups is 1. The highest BCUT2D eigenvalue weighted by Gasteiger charge is 1.99. The van der Waals surface area contributed by atoms with Crippen molar-refractivity contribution in [3.05, 3.63) is 12.2 Å². The maximum atomic E-state index is 10.7. The van der Waals surface area contributed by atoms with Gasteiger partial charge in [-0.15, -0.1) is 0 Å². The molecule has 0 unspecified atom stereocenters. The molecule has 0 saturated heterocycles. The number of rotatable bonds is 1. The molecule has 0 N–H and O–H groups in total. The van der Waals surface area contributed by atoms with Crippen molar-refractivity contribution in [1.29, 1.82) is 0 Å². The molecule has 2 nitrogen and oxygen atoms in total. The Balaban J connectivity index is 3.83. The number of ether oxygens (including phenoxy) is 1. The van der Waals surface area contributed by atoms with Crippen molar-refractivity contribution in [2.45, 2.75) is 20.8 Å². The fourth-order valence-corrected chi connectivity index (χ4v) is 0.281. The monoisotopic (exact) mass is 152 g/mol. The van der Waals surface area contributed by atoms with Gasteiger partial charge < -0.3 is 4.74 Å². The van der Waals surface area contributed by atoms with Gasteiger partial charge in [-0.05, 0) is 6.92 Å². The van der Waals surface area contributed by atoms with Crippen LogP contribution in [-0.4, -0.2) is 5.97 Å². The number of carbonyl (C=O) groups excluding carboxylic acids is 1. The fourth-order valence-electron chi connectivity index (χ4n) is 0.281. The van der Waals surface area contributed by atoms with Crippen LogP contribution < -0.4 is 0 Å². The van der Waals surface area contributed by atoms with Crippen molar-refractivity contribution < 1.29 is 9.53 Å². The molecule has 0 heterocycles. The standard InChI is InChI=1S/C9H12O2/c1-7(2)5-6-11-9(10)8(3)4/h7H,3H2,1-2,4H3. The Morgan fingerprint density at radius 2 is 2.09 bits per heavy atom. The van der Waals surface area contributed by atoms with Gasteiger partial charge in [0, 0.05) is 11.5 Å². The lowest BCUT2D eigenvalue weighted by Gasteiger charge is -1.92. The Bertz CT molecular complexity index is 215. The van der Waals surface area contributed by atoms with Crippen molar-refractivity contribution in [3.8, 4) is 12.0 Å². The molecule has 0 spiro atoms. The molecule has 0 bridgehead atoms. The van der Waals surface area contributed by atoms with E-state index in [0.717, 1.165) is 0 Å². The van der Waals surface area contributed by atoms with Crippen LogP contribution >= 0.6 is 0 Å². The van der Waals surface area contributed by atoms with Crippen LogP contribution in [0.2, 0.25) is 0 Å². The topological polar surface area (TPSA) is 26.3 Å². The van der Waals surface area contributed by atoms with Gasteiger partial charge in [-0.2, -0.15) is 0 Å². The fraction of sp³-hybridized carbons (Fsp3) is 0.444. The third kappa shape index (κ3) is 5.23. The minimum absolute atomic E-state index is 0.216. The zero-order valence-corrected chi connectivity index (χ0v) is 7.10. The van der Waals surface area contributed by atoms with Crippen molar-refractivity contribution in [3.63, 3.8) is 0 Å². The summed E-state index contributed by atoms with van der Waals surface area (Å²) < 4.78 is 4.51. The highest BCUT2D eigenvalue weighted by Crippen LogP contribution is 1.91. The maximum absolute atomic E-state index is 10.7. The van der Waals surface area contributed by atoms with Gasteiger partial charge in [0.1, 0.15) is 6.11 Å². The highest BCUT2D eigenvalue weighted by molar-refractivity contribution is 5.87. The van der Waals surface area contributed by atoms with Gasteiger partial charge in [0.15, 0.2) is 0 Å². The second-order valence-electron chi connectivity index (χ2n) is 2.57. The molecule has 0 amide bonds. The van der Waals surface area contributed by atoms with Crippen LogP contribution in [0.5, 0.6) is 0 Å². The van der Waals surface area contributed by atoms with Crippen LogP contribution in [0.1, 0.15) is 20.8 Å². The lowest BCUT2D eigenvalue weighted by atomic mass is 10.2. The van der Waals surface area contributed by atoms with E-state index in [2.05, 4.69) is 23.3 Å². The van der Waals surface area contributed by atoms with Gasteiger partial charge in [0.05, 0.1) is 0 Å². The molecule has 0 aliphatic carbocycles. The molecule has 60 valence electrons. The lowest BCUT2D eigenvalue weighted by molar-refractivity contribution is -0.132. The van der Waals surface area contributed by atoms with E-state index in [1.54, 1.807) is 6.92 Å². The van der Waals surface area contributed by atoms with Crippen molar-refractivity contribution in [2.24, 2.45) is 5.92 Å². The molecular formula is C9H12O2. The van der Waals surface area contributed by atoms with E-state index in [1.807, 2.05) is 13.8 Å². The largest absolute Gasteiger partial charge is 0.369 e. The van der Waals surface area contributed by atoms with Gasteiger partial charge in [-0.3, -0.25) is 0 Å². The third-order valence-electron chi connectivity index (χ3n) is 0.840. The SMILES string of the molecule is C=C(C)C(=O)OC#CC(C)C. The Hall–Kier alpha value is -1.23. The molecule has 0 rings (SSSR count). The number of hydrogen-bond donors (Lipinski definition) is 0. The zero-order valence-electron chi connectivity index (χ0n) is 7.10. The molecule has 0 atom stereocenters.